The molecule has 52 heavy (non-hydrogen) atoms. The first-order valence-electron chi connectivity index (χ1n) is 19.3. The van der Waals surface area contributed by atoms with Crippen LogP contribution in [0, 0.1) is 17.8 Å². The quantitative estimate of drug-likeness (QED) is 0.177. The number of anilines is 6. The van der Waals surface area contributed by atoms with Crippen molar-refractivity contribution in [3.8, 4) is 11.1 Å². The van der Waals surface area contributed by atoms with Crippen LogP contribution in [0.5, 0.6) is 0 Å². The highest BCUT2D eigenvalue weighted by atomic mass is 32.2. The van der Waals surface area contributed by atoms with E-state index in [1.165, 1.54) is 105 Å². The summed E-state index contributed by atoms with van der Waals surface area (Å²) in [5.41, 5.74) is 14.7. The first-order valence-corrected chi connectivity index (χ1v) is 20.2. The molecule has 3 heteroatoms. The Balaban J connectivity index is 1.01. The van der Waals surface area contributed by atoms with Crippen LogP contribution in [0.15, 0.2) is 149 Å². The highest BCUT2D eigenvalue weighted by molar-refractivity contribution is 7.99. The van der Waals surface area contributed by atoms with Gasteiger partial charge in [-0.05, 0) is 162 Å². The van der Waals surface area contributed by atoms with E-state index in [1.807, 2.05) is 11.8 Å². The van der Waals surface area contributed by atoms with Crippen molar-refractivity contribution in [2.45, 2.75) is 73.0 Å². The van der Waals surface area contributed by atoms with Crippen LogP contribution >= 0.6 is 11.8 Å². The SMILES string of the molecule is CC1(C)c2ccccc2-c2ccc(N(c3ccc(N4c5ccccc5Sc5ccccc54)cc3)c3ccc(C45CC6CC(CC(C6)C4)C5)cc3)cc21. The fourth-order valence-corrected chi connectivity index (χ4v) is 12.5. The van der Waals surface area contributed by atoms with E-state index in [-0.39, 0.29) is 5.41 Å². The van der Waals surface area contributed by atoms with E-state index < -0.39 is 0 Å². The third-order valence-electron chi connectivity index (χ3n) is 13.4. The molecule has 0 saturated heterocycles. The zero-order chi connectivity index (χ0) is 34.6. The second kappa shape index (κ2) is 11.4. The number of hydrogen-bond donors (Lipinski definition) is 0. The van der Waals surface area contributed by atoms with Gasteiger partial charge < -0.3 is 9.80 Å². The number of nitrogens with zero attached hydrogens (tertiary/aromatic N) is 2. The summed E-state index contributed by atoms with van der Waals surface area (Å²) in [7, 11) is 0. The third kappa shape index (κ3) is 4.64. The first kappa shape index (κ1) is 30.9. The summed E-state index contributed by atoms with van der Waals surface area (Å²) in [6, 6.07) is 52.8. The molecule has 1 aliphatic heterocycles. The van der Waals surface area contributed by atoms with Crippen molar-refractivity contribution in [3.05, 3.63) is 156 Å². The van der Waals surface area contributed by atoms with Gasteiger partial charge in [0, 0.05) is 38.0 Å². The van der Waals surface area contributed by atoms with E-state index in [0.29, 0.717) is 5.41 Å². The molecule has 6 aromatic rings. The Morgan fingerprint density at radius 3 is 1.69 bits per heavy atom. The molecule has 0 aromatic heterocycles. The molecular formula is C49H44N2S. The van der Waals surface area contributed by atoms with Crippen LogP contribution in [-0.2, 0) is 10.8 Å². The predicted molar refractivity (Wildman–Crippen MR) is 217 cm³/mol. The van der Waals surface area contributed by atoms with Gasteiger partial charge in [0.15, 0.2) is 0 Å². The third-order valence-corrected chi connectivity index (χ3v) is 14.5. The number of hydrogen-bond acceptors (Lipinski definition) is 3. The van der Waals surface area contributed by atoms with Crippen LogP contribution in [0.2, 0.25) is 0 Å². The standard InChI is InChI=1S/C49H44N2S/c1-48(2)42-10-4-3-9-40(42)41-24-23-39(28-43(41)48)50(36-17-15-35(16-18-36)49-29-32-25-33(30-49)27-34(26-32)31-49)37-19-21-38(22-20-37)51-44-11-5-7-13-46(44)52-47-14-8-6-12-45(47)51/h3-24,28,32-34H,25-27,29-31H2,1-2H3. The maximum atomic E-state index is 2.50. The van der Waals surface area contributed by atoms with Gasteiger partial charge >= 0.3 is 0 Å². The minimum absolute atomic E-state index is 0.0626. The Morgan fingerprint density at radius 1 is 0.538 bits per heavy atom. The summed E-state index contributed by atoms with van der Waals surface area (Å²) in [4.78, 5) is 7.48. The molecule has 12 rings (SSSR count). The van der Waals surface area contributed by atoms with E-state index in [4.69, 9.17) is 0 Å². The molecule has 1 heterocycles. The highest BCUT2D eigenvalue weighted by Crippen LogP contribution is 2.61. The molecule has 4 saturated carbocycles. The van der Waals surface area contributed by atoms with Crippen molar-refractivity contribution in [1.29, 1.82) is 0 Å². The van der Waals surface area contributed by atoms with Crippen molar-refractivity contribution in [1.82, 2.24) is 0 Å². The predicted octanol–water partition coefficient (Wildman–Crippen LogP) is 13.9. The van der Waals surface area contributed by atoms with Crippen molar-refractivity contribution in [3.63, 3.8) is 0 Å². The van der Waals surface area contributed by atoms with Crippen LogP contribution < -0.4 is 9.80 Å². The van der Waals surface area contributed by atoms with Gasteiger partial charge in [-0.25, -0.2) is 0 Å². The zero-order valence-corrected chi connectivity index (χ0v) is 30.9. The summed E-state index contributed by atoms with van der Waals surface area (Å²) < 4.78 is 0. The fraction of sp³-hybridized carbons (Fsp3) is 0.265. The van der Waals surface area contributed by atoms with Crippen LogP contribution in [0.1, 0.15) is 69.1 Å². The Labute approximate surface area is 312 Å². The van der Waals surface area contributed by atoms with Gasteiger partial charge in [0.05, 0.1) is 11.4 Å². The molecular weight excluding hydrogens is 649 g/mol. The molecule has 5 aliphatic carbocycles. The molecule has 2 nitrogen and oxygen atoms in total. The van der Waals surface area contributed by atoms with Crippen LogP contribution in [0.25, 0.3) is 11.1 Å². The second-order valence-corrected chi connectivity index (χ2v) is 18.0. The van der Waals surface area contributed by atoms with Crippen LogP contribution in [0.3, 0.4) is 0 Å². The lowest BCUT2D eigenvalue weighted by atomic mass is 9.48. The van der Waals surface area contributed by atoms with Crippen molar-refractivity contribution in [2.24, 2.45) is 17.8 Å². The Hall–Kier alpha value is -4.73. The van der Waals surface area contributed by atoms with E-state index in [2.05, 4.69) is 163 Å². The first-order chi connectivity index (χ1) is 25.4. The second-order valence-electron chi connectivity index (χ2n) is 16.9. The molecule has 4 bridgehead atoms. The van der Waals surface area contributed by atoms with Crippen molar-refractivity contribution >= 4 is 45.9 Å². The minimum Gasteiger partial charge on any atom is -0.310 e. The Bertz CT molecular complexity index is 2270. The van der Waals surface area contributed by atoms with Gasteiger partial charge in [-0.3, -0.25) is 0 Å². The van der Waals surface area contributed by atoms with Gasteiger partial charge in [-0.1, -0.05) is 92.3 Å². The summed E-state index contributed by atoms with van der Waals surface area (Å²) in [5.74, 6) is 2.83. The summed E-state index contributed by atoms with van der Waals surface area (Å²) >= 11 is 1.86. The summed E-state index contributed by atoms with van der Waals surface area (Å²) in [5, 5.41) is 0. The van der Waals surface area contributed by atoms with E-state index >= 15 is 0 Å². The normalized spacial score (nSPS) is 24.2. The molecule has 6 aliphatic rings. The molecule has 0 N–H and O–H groups in total. The molecule has 0 spiro atoms. The average Bonchev–Trinajstić information content (AvgIpc) is 3.39. The fourth-order valence-electron chi connectivity index (χ4n) is 11.4. The molecule has 0 atom stereocenters. The Morgan fingerprint density at radius 2 is 1.06 bits per heavy atom. The summed E-state index contributed by atoms with van der Waals surface area (Å²) in [6.45, 7) is 4.76. The average molecular weight is 693 g/mol. The monoisotopic (exact) mass is 692 g/mol. The molecule has 0 unspecified atom stereocenters. The van der Waals surface area contributed by atoms with Gasteiger partial charge in [-0.15, -0.1) is 0 Å². The Kier molecular flexibility index (Phi) is 6.75. The maximum absolute atomic E-state index is 2.50. The number of benzene rings is 6. The lowest BCUT2D eigenvalue weighted by Crippen LogP contribution is -2.48. The van der Waals surface area contributed by atoms with Gasteiger partial charge in [0.25, 0.3) is 0 Å². The highest BCUT2D eigenvalue weighted by Gasteiger charge is 2.51. The van der Waals surface area contributed by atoms with Gasteiger partial charge in [0.2, 0.25) is 0 Å². The molecule has 0 amide bonds. The molecule has 6 aromatic carbocycles. The van der Waals surface area contributed by atoms with Gasteiger partial charge in [-0.2, -0.15) is 0 Å². The number of rotatable bonds is 5. The molecule has 0 radical (unpaired) electrons. The lowest BCUT2D eigenvalue weighted by molar-refractivity contribution is -0.00518. The molecule has 4 fully saturated rings. The van der Waals surface area contributed by atoms with Crippen molar-refractivity contribution in [2.75, 3.05) is 9.80 Å². The number of para-hydroxylation sites is 2. The summed E-state index contributed by atoms with van der Waals surface area (Å²) in [6.07, 6.45) is 8.62. The topological polar surface area (TPSA) is 6.48 Å². The van der Waals surface area contributed by atoms with Crippen LogP contribution in [-0.4, -0.2) is 0 Å². The smallest absolute Gasteiger partial charge is 0.0601 e. The minimum atomic E-state index is -0.0626. The van der Waals surface area contributed by atoms with Crippen molar-refractivity contribution < 1.29 is 0 Å². The van der Waals surface area contributed by atoms with E-state index in [9.17, 15) is 0 Å². The van der Waals surface area contributed by atoms with E-state index in [0.717, 1.165) is 17.8 Å². The van der Waals surface area contributed by atoms with Crippen LogP contribution in [0.4, 0.5) is 34.1 Å². The number of fused-ring (bicyclic) bond motifs is 5. The zero-order valence-electron chi connectivity index (χ0n) is 30.1. The van der Waals surface area contributed by atoms with Gasteiger partial charge in [0.1, 0.15) is 0 Å². The lowest BCUT2D eigenvalue weighted by Gasteiger charge is -2.57. The maximum Gasteiger partial charge on any atom is 0.0601 e. The largest absolute Gasteiger partial charge is 0.310 e. The molecule has 256 valence electrons. The van der Waals surface area contributed by atoms with E-state index in [1.54, 1.807) is 5.56 Å².